The molecule has 1 aromatic heterocycles. The van der Waals surface area contributed by atoms with Gasteiger partial charge in [0.1, 0.15) is 5.76 Å². The number of methoxy groups -OCH3 is 1. The van der Waals surface area contributed by atoms with E-state index in [4.69, 9.17) is 9.26 Å². The van der Waals surface area contributed by atoms with Gasteiger partial charge in [0.15, 0.2) is 5.69 Å². The van der Waals surface area contributed by atoms with E-state index in [0.29, 0.717) is 37.9 Å². The molecule has 2 amide bonds. The van der Waals surface area contributed by atoms with Crippen molar-refractivity contribution in [3.05, 3.63) is 17.5 Å². The third-order valence-corrected chi connectivity index (χ3v) is 5.76. The highest BCUT2D eigenvalue weighted by Gasteiger charge is 2.49. The van der Waals surface area contributed by atoms with Crippen LogP contribution in [0.1, 0.15) is 54.3 Å². The number of hydrogen-bond acceptors (Lipinski definition) is 5. The quantitative estimate of drug-likeness (QED) is 0.809. The maximum Gasteiger partial charge on any atom is 0.276 e. The topological polar surface area (TPSA) is 75.9 Å². The summed E-state index contributed by atoms with van der Waals surface area (Å²) in [5.41, 5.74) is -0.0523. The number of hydrogen-bond donors (Lipinski definition) is 0. The van der Waals surface area contributed by atoms with Crippen LogP contribution in [0.3, 0.4) is 0 Å². The minimum absolute atomic E-state index is 0.116. The molecule has 1 atom stereocenters. The van der Waals surface area contributed by atoms with Gasteiger partial charge in [-0.1, -0.05) is 5.16 Å². The molecule has 1 saturated carbocycles. The Kier molecular flexibility index (Phi) is 4.27. The second-order valence-electron chi connectivity index (χ2n) is 7.53. The van der Waals surface area contributed by atoms with Gasteiger partial charge in [-0.3, -0.25) is 9.59 Å². The lowest BCUT2D eigenvalue weighted by molar-refractivity contribution is -0.146. The second-order valence-corrected chi connectivity index (χ2v) is 7.53. The summed E-state index contributed by atoms with van der Waals surface area (Å²) in [7, 11) is 1.65. The Bertz CT molecular complexity index is 669. The molecule has 3 heterocycles. The molecule has 4 rings (SSSR count). The SMILES string of the molecule is COCCN1CCCC2(CCN(C(=O)c3cc(C4CC4)on3)C2)C1=O. The van der Waals surface area contributed by atoms with E-state index in [1.54, 1.807) is 18.1 Å². The Morgan fingerprint density at radius 3 is 3.00 bits per heavy atom. The summed E-state index contributed by atoms with van der Waals surface area (Å²) in [6.07, 6.45) is 4.79. The molecule has 3 aliphatic rings. The molecule has 1 aliphatic carbocycles. The van der Waals surface area contributed by atoms with Gasteiger partial charge >= 0.3 is 0 Å². The lowest BCUT2D eigenvalue weighted by atomic mass is 9.78. The number of nitrogens with zero attached hydrogens (tertiary/aromatic N) is 3. The van der Waals surface area contributed by atoms with E-state index in [-0.39, 0.29) is 11.8 Å². The summed E-state index contributed by atoms with van der Waals surface area (Å²) in [4.78, 5) is 29.4. The first-order valence-corrected chi connectivity index (χ1v) is 9.17. The summed E-state index contributed by atoms with van der Waals surface area (Å²) in [6.45, 7) is 3.05. The van der Waals surface area contributed by atoms with Crippen LogP contribution in [-0.4, -0.2) is 66.7 Å². The van der Waals surface area contributed by atoms with Gasteiger partial charge in [-0.25, -0.2) is 0 Å². The monoisotopic (exact) mass is 347 g/mol. The maximum atomic E-state index is 13.0. The van der Waals surface area contributed by atoms with Crippen LogP contribution in [0, 0.1) is 5.41 Å². The Labute approximate surface area is 147 Å². The molecular weight excluding hydrogens is 322 g/mol. The van der Waals surface area contributed by atoms with Crippen molar-refractivity contribution in [2.45, 2.75) is 38.0 Å². The Balaban J connectivity index is 1.44. The molecule has 1 aromatic rings. The fourth-order valence-electron chi connectivity index (χ4n) is 4.10. The molecule has 0 bridgehead atoms. The van der Waals surface area contributed by atoms with Crippen molar-refractivity contribution >= 4 is 11.8 Å². The first-order chi connectivity index (χ1) is 12.1. The van der Waals surface area contributed by atoms with E-state index in [2.05, 4.69) is 5.16 Å². The summed E-state index contributed by atoms with van der Waals surface area (Å²) < 4.78 is 10.4. The highest BCUT2D eigenvalue weighted by Crippen LogP contribution is 2.42. The molecule has 0 radical (unpaired) electrons. The van der Waals surface area contributed by atoms with E-state index in [1.165, 1.54) is 0 Å². The summed E-state index contributed by atoms with van der Waals surface area (Å²) in [5, 5.41) is 3.95. The van der Waals surface area contributed by atoms with Crippen molar-refractivity contribution < 1.29 is 18.8 Å². The van der Waals surface area contributed by atoms with Crippen molar-refractivity contribution in [2.75, 3.05) is 39.9 Å². The van der Waals surface area contributed by atoms with Crippen LogP contribution in [0.5, 0.6) is 0 Å². The Morgan fingerprint density at radius 1 is 1.40 bits per heavy atom. The summed E-state index contributed by atoms with van der Waals surface area (Å²) in [6, 6.07) is 1.78. The number of aromatic nitrogens is 1. The van der Waals surface area contributed by atoms with E-state index >= 15 is 0 Å². The number of carbonyl (C=O) groups is 2. The predicted octanol–water partition coefficient (Wildman–Crippen LogP) is 1.65. The largest absolute Gasteiger partial charge is 0.383 e. The molecule has 2 aliphatic heterocycles. The van der Waals surface area contributed by atoms with Crippen molar-refractivity contribution in [3.8, 4) is 0 Å². The van der Waals surface area contributed by atoms with E-state index in [9.17, 15) is 9.59 Å². The predicted molar refractivity (Wildman–Crippen MR) is 89.1 cm³/mol. The highest BCUT2D eigenvalue weighted by atomic mass is 16.5. The van der Waals surface area contributed by atoms with E-state index < -0.39 is 5.41 Å². The first-order valence-electron chi connectivity index (χ1n) is 9.17. The number of carbonyl (C=O) groups excluding carboxylic acids is 2. The molecule has 0 N–H and O–H groups in total. The van der Waals surface area contributed by atoms with Gasteiger partial charge in [0, 0.05) is 45.3 Å². The molecule has 1 spiro atoms. The van der Waals surface area contributed by atoms with Crippen LogP contribution >= 0.6 is 0 Å². The third kappa shape index (κ3) is 3.05. The first kappa shape index (κ1) is 16.6. The minimum Gasteiger partial charge on any atom is -0.383 e. The average Bonchev–Trinajstić information content (AvgIpc) is 3.20. The number of piperidine rings is 1. The zero-order valence-electron chi connectivity index (χ0n) is 14.7. The van der Waals surface area contributed by atoms with Crippen molar-refractivity contribution in [1.82, 2.24) is 15.0 Å². The van der Waals surface area contributed by atoms with Crippen LogP contribution in [0.15, 0.2) is 10.6 Å². The van der Waals surface area contributed by atoms with E-state index in [0.717, 1.165) is 44.4 Å². The molecule has 1 unspecified atom stereocenters. The zero-order chi connectivity index (χ0) is 17.4. The highest BCUT2D eigenvalue weighted by molar-refractivity contribution is 5.94. The third-order valence-electron chi connectivity index (χ3n) is 5.76. The number of amides is 2. The van der Waals surface area contributed by atoms with Crippen LogP contribution in [0.4, 0.5) is 0 Å². The number of rotatable bonds is 5. The fourth-order valence-corrected chi connectivity index (χ4v) is 4.10. The molecule has 3 fully saturated rings. The van der Waals surface area contributed by atoms with Crippen LogP contribution < -0.4 is 0 Å². The van der Waals surface area contributed by atoms with Gasteiger partial charge in [0.05, 0.1) is 12.0 Å². The molecular formula is C18H25N3O4. The normalized spacial score (nSPS) is 26.7. The Morgan fingerprint density at radius 2 is 2.24 bits per heavy atom. The zero-order valence-corrected chi connectivity index (χ0v) is 14.7. The molecule has 7 nitrogen and oxygen atoms in total. The van der Waals surface area contributed by atoms with Crippen LogP contribution in [0.25, 0.3) is 0 Å². The number of likely N-dealkylation sites (tertiary alicyclic amines) is 2. The summed E-state index contributed by atoms with van der Waals surface area (Å²) >= 11 is 0. The molecule has 0 aromatic carbocycles. The van der Waals surface area contributed by atoms with Gasteiger partial charge in [-0.2, -0.15) is 0 Å². The van der Waals surface area contributed by atoms with Crippen molar-refractivity contribution in [3.63, 3.8) is 0 Å². The maximum absolute atomic E-state index is 13.0. The molecule has 25 heavy (non-hydrogen) atoms. The lowest BCUT2D eigenvalue weighted by Crippen LogP contribution is -2.51. The van der Waals surface area contributed by atoms with Gasteiger partial charge in [0.25, 0.3) is 5.91 Å². The Hall–Kier alpha value is -1.89. The molecule has 7 heteroatoms. The molecule has 2 saturated heterocycles. The standard InChI is InChI=1S/C18H25N3O4/c1-24-10-9-20-7-2-5-18(17(20)23)6-8-21(12-18)16(22)14-11-15(25-19-14)13-3-4-13/h11,13H,2-10,12H2,1H3. The van der Waals surface area contributed by atoms with Crippen molar-refractivity contribution in [1.29, 1.82) is 0 Å². The smallest absolute Gasteiger partial charge is 0.276 e. The lowest BCUT2D eigenvalue weighted by Gasteiger charge is -2.39. The van der Waals surface area contributed by atoms with Crippen molar-refractivity contribution in [2.24, 2.45) is 5.41 Å². The van der Waals surface area contributed by atoms with Crippen LogP contribution in [0.2, 0.25) is 0 Å². The van der Waals surface area contributed by atoms with E-state index in [1.807, 2.05) is 4.90 Å². The van der Waals surface area contributed by atoms with Gasteiger partial charge in [-0.15, -0.1) is 0 Å². The van der Waals surface area contributed by atoms with Gasteiger partial charge in [-0.05, 0) is 32.1 Å². The molecule has 136 valence electrons. The van der Waals surface area contributed by atoms with Gasteiger partial charge in [0.2, 0.25) is 5.91 Å². The number of ether oxygens (including phenoxy) is 1. The van der Waals surface area contributed by atoms with Crippen LogP contribution in [-0.2, 0) is 9.53 Å². The van der Waals surface area contributed by atoms with Gasteiger partial charge < -0.3 is 19.1 Å². The fraction of sp³-hybridized carbons (Fsp3) is 0.722. The minimum atomic E-state index is -0.426. The second kappa shape index (κ2) is 6.44. The average molecular weight is 347 g/mol. The summed E-state index contributed by atoms with van der Waals surface area (Å²) in [5.74, 6) is 1.31.